The van der Waals surface area contributed by atoms with Gasteiger partial charge < -0.3 is 10.2 Å². The van der Waals surface area contributed by atoms with Crippen molar-refractivity contribution in [3.63, 3.8) is 0 Å². The molecule has 0 aromatic heterocycles. The van der Waals surface area contributed by atoms with Crippen molar-refractivity contribution in [3.05, 3.63) is 99.3 Å². The Morgan fingerprint density at radius 2 is 1.62 bits per heavy atom. The molecule has 0 aliphatic carbocycles. The fourth-order valence-corrected chi connectivity index (χ4v) is 3.74. The molecule has 4 nitrogen and oxygen atoms in total. The summed E-state index contributed by atoms with van der Waals surface area (Å²) in [6, 6.07) is 16.7. The standard InChI is InChI=1S/C22H15Cl2FN2O2/c23-15-5-1-14(2-6-15)22(29)27-12-20(28)26-19-10-7-16(24)11-18(19)21(27)13-3-8-17(25)9-4-13/h1-11,21H,12H2,(H,26,28)/t21-/m0/s1. The van der Waals surface area contributed by atoms with Gasteiger partial charge in [-0.05, 0) is 60.2 Å². The van der Waals surface area contributed by atoms with Gasteiger partial charge in [-0.2, -0.15) is 0 Å². The number of carbonyl (C=O) groups is 2. The van der Waals surface area contributed by atoms with E-state index >= 15 is 0 Å². The molecule has 1 heterocycles. The molecule has 0 saturated carbocycles. The Bertz CT molecular complexity index is 1080. The molecule has 0 bridgehead atoms. The largest absolute Gasteiger partial charge is 0.324 e. The van der Waals surface area contributed by atoms with Crippen LogP contribution in [0.2, 0.25) is 10.0 Å². The van der Waals surface area contributed by atoms with Crippen LogP contribution in [0.5, 0.6) is 0 Å². The molecule has 1 atom stereocenters. The summed E-state index contributed by atoms with van der Waals surface area (Å²) in [6.07, 6.45) is 0. The Labute approximate surface area is 176 Å². The van der Waals surface area contributed by atoms with Crippen LogP contribution in [0, 0.1) is 5.82 Å². The highest BCUT2D eigenvalue weighted by molar-refractivity contribution is 6.31. The van der Waals surface area contributed by atoms with E-state index in [4.69, 9.17) is 23.2 Å². The number of halogens is 3. The highest BCUT2D eigenvalue weighted by atomic mass is 35.5. The molecular weight excluding hydrogens is 414 g/mol. The molecule has 29 heavy (non-hydrogen) atoms. The fourth-order valence-electron chi connectivity index (χ4n) is 3.43. The zero-order valence-electron chi connectivity index (χ0n) is 15.0. The summed E-state index contributed by atoms with van der Waals surface area (Å²) < 4.78 is 13.5. The van der Waals surface area contributed by atoms with Crippen molar-refractivity contribution in [2.45, 2.75) is 6.04 Å². The second-order valence-corrected chi connectivity index (χ2v) is 7.55. The van der Waals surface area contributed by atoms with E-state index in [9.17, 15) is 14.0 Å². The third-order valence-electron chi connectivity index (χ3n) is 4.75. The molecule has 1 aliphatic rings. The quantitative estimate of drug-likeness (QED) is 0.600. The van der Waals surface area contributed by atoms with E-state index in [1.54, 1.807) is 54.6 Å². The Balaban J connectivity index is 1.88. The van der Waals surface area contributed by atoms with Gasteiger partial charge in [0.15, 0.2) is 0 Å². The summed E-state index contributed by atoms with van der Waals surface area (Å²) >= 11 is 12.2. The minimum atomic E-state index is -0.633. The normalized spacial score (nSPS) is 16.0. The van der Waals surface area contributed by atoms with Gasteiger partial charge in [-0.3, -0.25) is 9.59 Å². The minimum absolute atomic E-state index is 0.171. The SMILES string of the molecule is O=C1CN(C(=O)c2ccc(Cl)cc2)[C@@H](c2ccc(F)cc2)c2cc(Cl)ccc2N1. The van der Waals surface area contributed by atoms with Crippen molar-refractivity contribution in [2.75, 3.05) is 11.9 Å². The summed E-state index contributed by atoms with van der Waals surface area (Å²) in [6.45, 7) is -0.171. The average molecular weight is 429 g/mol. The predicted molar refractivity (Wildman–Crippen MR) is 111 cm³/mol. The van der Waals surface area contributed by atoms with Crippen molar-refractivity contribution >= 4 is 40.7 Å². The first-order valence-corrected chi connectivity index (χ1v) is 9.59. The number of anilines is 1. The van der Waals surface area contributed by atoms with E-state index in [1.807, 2.05) is 0 Å². The Kier molecular flexibility index (Phi) is 5.26. The fraction of sp³-hybridized carbons (Fsp3) is 0.0909. The summed E-state index contributed by atoms with van der Waals surface area (Å²) in [7, 11) is 0. The van der Waals surface area contributed by atoms with E-state index in [0.717, 1.165) is 0 Å². The monoisotopic (exact) mass is 428 g/mol. The van der Waals surface area contributed by atoms with E-state index in [1.165, 1.54) is 17.0 Å². The maximum Gasteiger partial charge on any atom is 0.255 e. The first kappa shape index (κ1) is 19.4. The van der Waals surface area contributed by atoms with Crippen molar-refractivity contribution in [1.29, 1.82) is 0 Å². The first-order valence-electron chi connectivity index (χ1n) is 8.83. The van der Waals surface area contributed by atoms with Gasteiger partial charge in [-0.1, -0.05) is 35.3 Å². The summed E-state index contributed by atoms with van der Waals surface area (Å²) in [5.74, 6) is -1.07. The Hall–Kier alpha value is -2.89. The maximum absolute atomic E-state index is 13.5. The van der Waals surface area contributed by atoms with Gasteiger partial charge in [0.25, 0.3) is 5.91 Å². The minimum Gasteiger partial charge on any atom is -0.324 e. The average Bonchev–Trinajstić information content (AvgIpc) is 2.84. The Morgan fingerprint density at radius 3 is 2.31 bits per heavy atom. The molecule has 0 spiro atoms. The van der Waals surface area contributed by atoms with Crippen molar-refractivity contribution in [1.82, 2.24) is 4.90 Å². The molecule has 146 valence electrons. The Morgan fingerprint density at radius 1 is 0.966 bits per heavy atom. The van der Waals surface area contributed by atoms with E-state index < -0.39 is 11.9 Å². The third-order valence-corrected chi connectivity index (χ3v) is 5.23. The van der Waals surface area contributed by atoms with Crippen LogP contribution in [0.4, 0.5) is 10.1 Å². The molecule has 0 saturated heterocycles. The molecule has 0 unspecified atom stereocenters. The van der Waals surface area contributed by atoms with Gasteiger partial charge >= 0.3 is 0 Å². The van der Waals surface area contributed by atoms with Gasteiger partial charge in [0, 0.05) is 26.9 Å². The number of hydrogen-bond acceptors (Lipinski definition) is 2. The van der Waals surface area contributed by atoms with Crippen molar-refractivity contribution < 1.29 is 14.0 Å². The number of fused-ring (bicyclic) bond motifs is 1. The van der Waals surface area contributed by atoms with Crippen LogP contribution in [0.3, 0.4) is 0 Å². The van der Waals surface area contributed by atoms with Crippen LogP contribution in [0.1, 0.15) is 27.5 Å². The molecule has 4 rings (SSSR count). The highest BCUT2D eigenvalue weighted by Gasteiger charge is 2.34. The molecular formula is C22H15Cl2FN2O2. The van der Waals surface area contributed by atoms with E-state index in [0.29, 0.717) is 32.4 Å². The zero-order valence-corrected chi connectivity index (χ0v) is 16.5. The molecule has 1 aliphatic heterocycles. The van der Waals surface area contributed by atoms with Crippen LogP contribution >= 0.6 is 23.2 Å². The molecule has 7 heteroatoms. The van der Waals surface area contributed by atoms with Crippen LogP contribution < -0.4 is 5.32 Å². The molecule has 0 fully saturated rings. The smallest absolute Gasteiger partial charge is 0.255 e. The lowest BCUT2D eigenvalue weighted by Gasteiger charge is -2.30. The van der Waals surface area contributed by atoms with Gasteiger partial charge in [0.1, 0.15) is 12.4 Å². The van der Waals surface area contributed by atoms with Gasteiger partial charge in [0.05, 0.1) is 6.04 Å². The number of benzene rings is 3. The molecule has 3 aromatic carbocycles. The van der Waals surface area contributed by atoms with Crippen LogP contribution in [0.15, 0.2) is 66.7 Å². The molecule has 3 aromatic rings. The number of carbonyl (C=O) groups excluding carboxylic acids is 2. The van der Waals surface area contributed by atoms with Gasteiger partial charge in [0.2, 0.25) is 5.91 Å². The number of amides is 2. The lowest BCUT2D eigenvalue weighted by molar-refractivity contribution is -0.117. The van der Waals surface area contributed by atoms with E-state index in [-0.39, 0.29) is 18.4 Å². The van der Waals surface area contributed by atoms with E-state index in [2.05, 4.69) is 5.32 Å². The van der Waals surface area contributed by atoms with Crippen molar-refractivity contribution in [2.24, 2.45) is 0 Å². The third kappa shape index (κ3) is 3.97. The molecule has 1 N–H and O–H groups in total. The number of hydrogen-bond donors (Lipinski definition) is 1. The highest BCUT2D eigenvalue weighted by Crippen LogP contribution is 2.38. The van der Waals surface area contributed by atoms with Gasteiger partial charge in [-0.15, -0.1) is 0 Å². The van der Waals surface area contributed by atoms with Crippen LogP contribution in [0.25, 0.3) is 0 Å². The molecule has 0 radical (unpaired) electrons. The topological polar surface area (TPSA) is 49.4 Å². The lowest BCUT2D eigenvalue weighted by atomic mass is 9.95. The second-order valence-electron chi connectivity index (χ2n) is 6.67. The summed E-state index contributed by atoms with van der Waals surface area (Å²) in [5.41, 5.74) is 2.26. The molecule has 2 amide bonds. The lowest BCUT2D eigenvalue weighted by Crippen LogP contribution is -2.39. The predicted octanol–water partition coefficient (Wildman–Crippen LogP) is 5.32. The summed E-state index contributed by atoms with van der Waals surface area (Å²) in [4.78, 5) is 27.3. The number of nitrogens with zero attached hydrogens (tertiary/aromatic N) is 1. The maximum atomic E-state index is 13.5. The van der Waals surface area contributed by atoms with Gasteiger partial charge in [-0.25, -0.2) is 4.39 Å². The number of rotatable bonds is 2. The van der Waals surface area contributed by atoms with Crippen molar-refractivity contribution in [3.8, 4) is 0 Å². The number of nitrogens with one attached hydrogen (secondary N) is 1. The van der Waals surface area contributed by atoms with Crippen LogP contribution in [-0.2, 0) is 4.79 Å². The second kappa shape index (κ2) is 7.85. The summed E-state index contributed by atoms with van der Waals surface area (Å²) in [5, 5.41) is 3.79. The zero-order chi connectivity index (χ0) is 20.5. The first-order chi connectivity index (χ1) is 13.9. The van der Waals surface area contributed by atoms with Crippen LogP contribution in [-0.4, -0.2) is 23.3 Å².